The molecule has 4 aromatic rings. The van der Waals surface area contributed by atoms with Crippen LogP contribution in [0.2, 0.25) is 0 Å². The van der Waals surface area contributed by atoms with Crippen LogP contribution in [0.1, 0.15) is 18.5 Å². The highest BCUT2D eigenvalue weighted by Crippen LogP contribution is 2.27. The molecule has 0 aromatic carbocycles. The van der Waals surface area contributed by atoms with E-state index in [2.05, 4.69) is 35.5 Å². The van der Waals surface area contributed by atoms with Crippen LogP contribution in [0.25, 0.3) is 16.3 Å². The number of rotatable bonds is 4. The largest absolute Gasteiger partial charge is 0.361 e. The van der Waals surface area contributed by atoms with E-state index < -0.39 is 0 Å². The van der Waals surface area contributed by atoms with E-state index in [1.165, 1.54) is 0 Å². The van der Waals surface area contributed by atoms with Crippen molar-refractivity contribution in [3.63, 3.8) is 0 Å². The molecule has 5 rings (SSSR count). The van der Waals surface area contributed by atoms with Gasteiger partial charge in [0.25, 0.3) is 0 Å². The fourth-order valence-corrected chi connectivity index (χ4v) is 3.65. The predicted molar refractivity (Wildman–Crippen MR) is 89.2 cm³/mol. The molecule has 1 N–H and O–H groups in total. The molecule has 1 aliphatic rings. The number of hydrogen-bond acceptors (Lipinski definition) is 9. The zero-order valence-electron chi connectivity index (χ0n) is 12.7. The SMILES string of the molecule is c1cn2cc(CNc3nc4nonc4nc3N3CCCC3)nc2s1. The number of anilines is 2. The van der Waals surface area contributed by atoms with E-state index in [0.29, 0.717) is 23.7 Å². The number of nitrogens with zero attached hydrogens (tertiary/aromatic N) is 7. The van der Waals surface area contributed by atoms with Crippen molar-refractivity contribution < 1.29 is 4.63 Å². The lowest BCUT2D eigenvalue weighted by Gasteiger charge is -2.19. The van der Waals surface area contributed by atoms with Crippen molar-refractivity contribution in [2.45, 2.75) is 19.4 Å². The van der Waals surface area contributed by atoms with Gasteiger partial charge in [-0.25, -0.2) is 19.6 Å². The normalized spacial score (nSPS) is 14.9. The van der Waals surface area contributed by atoms with Crippen molar-refractivity contribution in [1.82, 2.24) is 29.7 Å². The van der Waals surface area contributed by atoms with Gasteiger partial charge in [0.1, 0.15) is 0 Å². The lowest BCUT2D eigenvalue weighted by molar-refractivity contribution is 0.314. The third-order valence-corrected chi connectivity index (χ3v) is 4.85. The molecule has 122 valence electrons. The first-order chi connectivity index (χ1) is 11.9. The molecular weight excluding hydrogens is 328 g/mol. The van der Waals surface area contributed by atoms with E-state index in [-0.39, 0.29) is 0 Å². The van der Waals surface area contributed by atoms with Crippen molar-refractivity contribution in [2.75, 3.05) is 23.3 Å². The maximum atomic E-state index is 4.74. The minimum atomic E-state index is 0.409. The Bertz CT molecular complexity index is 970. The fraction of sp³-hybridized carbons (Fsp3) is 0.357. The van der Waals surface area contributed by atoms with Crippen molar-refractivity contribution in [2.24, 2.45) is 0 Å². The van der Waals surface area contributed by atoms with Gasteiger partial charge in [-0.15, -0.1) is 11.3 Å². The lowest BCUT2D eigenvalue weighted by atomic mass is 10.4. The van der Waals surface area contributed by atoms with Gasteiger partial charge >= 0.3 is 0 Å². The Hall–Kier alpha value is -2.75. The lowest BCUT2D eigenvalue weighted by Crippen LogP contribution is -2.21. The number of aromatic nitrogens is 6. The molecule has 4 aromatic heterocycles. The van der Waals surface area contributed by atoms with Crippen LogP contribution in [0.3, 0.4) is 0 Å². The number of imidazole rings is 1. The van der Waals surface area contributed by atoms with Crippen molar-refractivity contribution >= 4 is 39.2 Å². The summed E-state index contributed by atoms with van der Waals surface area (Å²) in [5, 5.41) is 13.0. The van der Waals surface area contributed by atoms with E-state index in [1.54, 1.807) is 11.3 Å². The van der Waals surface area contributed by atoms with Gasteiger partial charge in [0.2, 0.25) is 11.3 Å². The predicted octanol–water partition coefficient (Wildman–Crippen LogP) is 1.93. The fourth-order valence-electron chi connectivity index (χ4n) is 2.93. The molecule has 0 atom stereocenters. The summed E-state index contributed by atoms with van der Waals surface area (Å²) in [4.78, 5) is 16.9. The number of fused-ring (bicyclic) bond motifs is 2. The molecule has 0 bridgehead atoms. The summed E-state index contributed by atoms with van der Waals surface area (Å²) in [6, 6.07) is 0. The first-order valence-corrected chi connectivity index (χ1v) is 8.65. The average Bonchev–Trinajstić information content (AvgIpc) is 3.34. The van der Waals surface area contributed by atoms with Crippen LogP contribution in [0.5, 0.6) is 0 Å². The quantitative estimate of drug-likeness (QED) is 0.601. The number of thiazole rings is 1. The topological polar surface area (TPSA) is 97.3 Å². The second-order valence-corrected chi connectivity index (χ2v) is 6.55. The van der Waals surface area contributed by atoms with Gasteiger partial charge in [-0.05, 0) is 23.2 Å². The highest BCUT2D eigenvalue weighted by molar-refractivity contribution is 7.15. The van der Waals surface area contributed by atoms with Crippen LogP contribution in [0.15, 0.2) is 22.4 Å². The Morgan fingerprint density at radius 2 is 1.96 bits per heavy atom. The molecule has 5 heterocycles. The van der Waals surface area contributed by atoms with Gasteiger partial charge < -0.3 is 10.2 Å². The molecule has 0 aliphatic carbocycles. The van der Waals surface area contributed by atoms with Crippen LogP contribution >= 0.6 is 11.3 Å². The van der Waals surface area contributed by atoms with Crippen LogP contribution in [0.4, 0.5) is 11.6 Å². The first kappa shape index (κ1) is 13.7. The van der Waals surface area contributed by atoms with E-state index >= 15 is 0 Å². The van der Waals surface area contributed by atoms with Crippen LogP contribution < -0.4 is 10.2 Å². The van der Waals surface area contributed by atoms with Crippen LogP contribution in [0, 0.1) is 0 Å². The Morgan fingerprint density at radius 1 is 1.12 bits per heavy atom. The molecule has 0 amide bonds. The van der Waals surface area contributed by atoms with E-state index in [4.69, 9.17) is 4.63 Å². The van der Waals surface area contributed by atoms with Crippen molar-refractivity contribution in [1.29, 1.82) is 0 Å². The van der Waals surface area contributed by atoms with E-state index in [1.807, 2.05) is 22.2 Å². The third-order valence-electron chi connectivity index (χ3n) is 4.08. The van der Waals surface area contributed by atoms with Gasteiger partial charge in [0.15, 0.2) is 16.6 Å². The maximum absolute atomic E-state index is 4.74. The van der Waals surface area contributed by atoms with Crippen molar-refractivity contribution in [3.8, 4) is 0 Å². The summed E-state index contributed by atoms with van der Waals surface area (Å²) in [7, 11) is 0. The molecule has 1 saturated heterocycles. The molecule has 24 heavy (non-hydrogen) atoms. The Morgan fingerprint density at radius 3 is 2.79 bits per heavy atom. The van der Waals surface area contributed by atoms with E-state index in [0.717, 1.165) is 42.4 Å². The first-order valence-electron chi connectivity index (χ1n) is 7.77. The number of hydrogen-bond donors (Lipinski definition) is 1. The zero-order chi connectivity index (χ0) is 15.9. The monoisotopic (exact) mass is 342 g/mol. The van der Waals surface area contributed by atoms with E-state index in [9.17, 15) is 0 Å². The summed E-state index contributed by atoms with van der Waals surface area (Å²) in [6.07, 6.45) is 6.33. The molecule has 0 unspecified atom stereocenters. The summed E-state index contributed by atoms with van der Waals surface area (Å²) in [5.74, 6) is 1.49. The molecular formula is C14H14N8OS. The summed E-state index contributed by atoms with van der Waals surface area (Å²) >= 11 is 1.61. The Labute approximate surface area is 140 Å². The van der Waals surface area contributed by atoms with Crippen LogP contribution in [-0.4, -0.2) is 42.8 Å². The zero-order valence-corrected chi connectivity index (χ0v) is 13.5. The maximum Gasteiger partial charge on any atom is 0.245 e. The molecule has 1 fully saturated rings. The molecule has 9 nitrogen and oxygen atoms in total. The molecule has 0 saturated carbocycles. The average molecular weight is 342 g/mol. The smallest absolute Gasteiger partial charge is 0.245 e. The second kappa shape index (κ2) is 5.41. The van der Waals surface area contributed by atoms with Crippen molar-refractivity contribution in [3.05, 3.63) is 23.5 Å². The van der Waals surface area contributed by atoms with Gasteiger partial charge in [0, 0.05) is 30.9 Å². The Balaban J connectivity index is 1.47. The minimum absolute atomic E-state index is 0.409. The summed E-state index contributed by atoms with van der Waals surface area (Å²) < 4.78 is 6.76. The van der Waals surface area contributed by atoms with Crippen LogP contribution in [-0.2, 0) is 6.54 Å². The Kier molecular flexibility index (Phi) is 3.08. The highest BCUT2D eigenvalue weighted by Gasteiger charge is 2.21. The van der Waals surface area contributed by atoms with Gasteiger partial charge in [-0.1, -0.05) is 0 Å². The summed E-state index contributed by atoms with van der Waals surface area (Å²) in [5.41, 5.74) is 1.80. The third kappa shape index (κ3) is 2.26. The standard InChI is InChI=1S/C14H14N8OS/c1-2-4-21(3-1)13-12(17-10-11(18-13)20-23-19-10)15-7-9-8-22-5-6-24-14(22)16-9/h5-6,8H,1-4,7H2,(H,15,17,19). The molecule has 1 aliphatic heterocycles. The molecule has 10 heteroatoms. The van der Waals surface area contributed by atoms with Gasteiger partial charge in [-0.2, -0.15) is 0 Å². The summed E-state index contributed by atoms with van der Waals surface area (Å²) in [6.45, 7) is 2.52. The number of nitrogens with one attached hydrogen (secondary N) is 1. The molecule has 0 radical (unpaired) electrons. The molecule has 0 spiro atoms. The highest BCUT2D eigenvalue weighted by atomic mass is 32.1. The second-order valence-electron chi connectivity index (χ2n) is 5.68. The van der Waals surface area contributed by atoms with Gasteiger partial charge in [0.05, 0.1) is 12.2 Å². The minimum Gasteiger partial charge on any atom is -0.361 e. The van der Waals surface area contributed by atoms with Gasteiger partial charge in [-0.3, -0.25) is 4.40 Å².